The normalized spacial score (nSPS) is 18.8. The van der Waals surface area contributed by atoms with Crippen LogP contribution in [0.15, 0.2) is 18.3 Å². The van der Waals surface area contributed by atoms with Crippen LogP contribution in [0.25, 0.3) is 0 Å². The number of hydrogen-bond donors (Lipinski definition) is 1. The molecule has 1 fully saturated rings. The molecule has 1 aliphatic carbocycles. The average molecular weight is 177 g/mol. The maximum Gasteiger partial charge on any atom is 0.133 e. The highest BCUT2D eigenvalue weighted by atomic mass is 16.3. The predicted molar refractivity (Wildman–Crippen MR) is 51.7 cm³/mol. The van der Waals surface area contributed by atoms with Crippen molar-refractivity contribution in [3.63, 3.8) is 0 Å². The smallest absolute Gasteiger partial charge is 0.133 e. The van der Waals surface area contributed by atoms with Crippen LogP contribution >= 0.6 is 0 Å². The van der Waals surface area contributed by atoms with Gasteiger partial charge in [0.25, 0.3) is 0 Å². The van der Waals surface area contributed by atoms with Gasteiger partial charge < -0.3 is 5.11 Å². The molecule has 0 spiro atoms. The van der Waals surface area contributed by atoms with E-state index in [2.05, 4.69) is 4.98 Å². The van der Waals surface area contributed by atoms with E-state index in [0.29, 0.717) is 5.92 Å². The van der Waals surface area contributed by atoms with E-state index in [-0.39, 0.29) is 5.75 Å². The number of aromatic nitrogens is 1. The maximum atomic E-state index is 9.09. The Balaban J connectivity index is 2.10. The maximum absolute atomic E-state index is 9.09. The molecule has 1 aromatic heterocycles. The highest BCUT2D eigenvalue weighted by Crippen LogP contribution is 2.31. The van der Waals surface area contributed by atoms with E-state index in [1.165, 1.54) is 32.1 Å². The highest BCUT2D eigenvalue weighted by molar-refractivity contribution is 5.20. The van der Waals surface area contributed by atoms with Gasteiger partial charge in [0.2, 0.25) is 0 Å². The van der Waals surface area contributed by atoms with Gasteiger partial charge in [0.15, 0.2) is 0 Å². The zero-order chi connectivity index (χ0) is 9.10. The van der Waals surface area contributed by atoms with Crippen molar-refractivity contribution in [2.24, 2.45) is 0 Å². The second-order valence-corrected chi connectivity index (χ2v) is 3.78. The number of hydrogen-bond acceptors (Lipinski definition) is 2. The summed E-state index contributed by atoms with van der Waals surface area (Å²) in [6, 6.07) is 3.68. The summed E-state index contributed by atoms with van der Waals surface area (Å²) in [5.74, 6) is 0.897. The van der Waals surface area contributed by atoms with Crippen LogP contribution in [0.5, 0.6) is 5.75 Å². The van der Waals surface area contributed by atoms with Gasteiger partial charge in [-0.3, -0.25) is 4.98 Å². The Hall–Kier alpha value is -1.05. The van der Waals surface area contributed by atoms with Crippen LogP contribution in [-0.4, -0.2) is 10.1 Å². The molecule has 13 heavy (non-hydrogen) atoms. The molecular formula is C11H15NO. The summed E-state index contributed by atoms with van der Waals surface area (Å²) in [5.41, 5.74) is 1.15. The summed E-state index contributed by atoms with van der Waals surface area (Å²) in [4.78, 5) is 4.25. The zero-order valence-electron chi connectivity index (χ0n) is 7.74. The van der Waals surface area contributed by atoms with E-state index in [9.17, 15) is 0 Å². The van der Waals surface area contributed by atoms with Crippen LogP contribution in [0.2, 0.25) is 0 Å². The van der Waals surface area contributed by atoms with E-state index in [1.54, 1.807) is 12.3 Å². The van der Waals surface area contributed by atoms with Gasteiger partial charge in [0.05, 0.1) is 6.20 Å². The quantitative estimate of drug-likeness (QED) is 0.715. The lowest BCUT2D eigenvalue weighted by molar-refractivity contribution is 0.433. The SMILES string of the molecule is Oc1ccc(C2CCCCC2)nc1. The van der Waals surface area contributed by atoms with Gasteiger partial charge in [-0.1, -0.05) is 19.3 Å². The van der Waals surface area contributed by atoms with Crippen molar-refractivity contribution in [2.75, 3.05) is 0 Å². The Morgan fingerprint density at radius 1 is 1.15 bits per heavy atom. The minimum absolute atomic E-state index is 0.263. The molecule has 0 atom stereocenters. The highest BCUT2D eigenvalue weighted by Gasteiger charge is 2.15. The summed E-state index contributed by atoms with van der Waals surface area (Å²) in [5, 5.41) is 9.09. The van der Waals surface area contributed by atoms with E-state index in [0.717, 1.165) is 5.69 Å². The van der Waals surface area contributed by atoms with Crippen molar-refractivity contribution in [3.05, 3.63) is 24.0 Å². The van der Waals surface area contributed by atoms with Crippen LogP contribution < -0.4 is 0 Å². The Morgan fingerprint density at radius 3 is 2.54 bits per heavy atom. The van der Waals surface area contributed by atoms with E-state index in [1.807, 2.05) is 6.07 Å². The molecular weight excluding hydrogens is 162 g/mol. The molecule has 1 saturated carbocycles. The van der Waals surface area contributed by atoms with Crippen LogP contribution in [0.4, 0.5) is 0 Å². The van der Waals surface area contributed by atoms with Crippen LogP contribution in [0.3, 0.4) is 0 Å². The molecule has 0 amide bonds. The summed E-state index contributed by atoms with van der Waals surface area (Å²) < 4.78 is 0. The number of nitrogens with zero attached hydrogens (tertiary/aromatic N) is 1. The van der Waals surface area contributed by atoms with Crippen molar-refractivity contribution in [3.8, 4) is 5.75 Å². The van der Waals surface area contributed by atoms with Crippen molar-refractivity contribution < 1.29 is 5.11 Å². The Bertz CT molecular complexity index is 262. The van der Waals surface area contributed by atoms with Crippen LogP contribution in [0, 0.1) is 0 Å². The fraction of sp³-hybridized carbons (Fsp3) is 0.545. The molecule has 1 N–H and O–H groups in total. The number of rotatable bonds is 1. The minimum Gasteiger partial charge on any atom is -0.506 e. The number of pyridine rings is 1. The molecule has 2 nitrogen and oxygen atoms in total. The van der Waals surface area contributed by atoms with Crippen molar-refractivity contribution in [1.82, 2.24) is 4.98 Å². The Morgan fingerprint density at radius 2 is 1.92 bits per heavy atom. The fourth-order valence-corrected chi connectivity index (χ4v) is 2.04. The molecule has 0 unspecified atom stereocenters. The molecule has 0 bridgehead atoms. The van der Waals surface area contributed by atoms with E-state index in [4.69, 9.17) is 5.11 Å². The summed E-state index contributed by atoms with van der Waals surface area (Å²) in [6.45, 7) is 0. The van der Waals surface area contributed by atoms with Gasteiger partial charge in [-0.25, -0.2) is 0 Å². The topological polar surface area (TPSA) is 33.1 Å². The van der Waals surface area contributed by atoms with Crippen molar-refractivity contribution in [2.45, 2.75) is 38.0 Å². The lowest BCUT2D eigenvalue weighted by atomic mass is 9.87. The Kier molecular flexibility index (Phi) is 2.48. The number of aromatic hydroxyl groups is 1. The van der Waals surface area contributed by atoms with Crippen LogP contribution in [-0.2, 0) is 0 Å². The third-order valence-electron chi connectivity index (χ3n) is 2.79. The minimum atomic E-state index is 0.263. The summed E-state index contributed by atoms with van der Waals surface area (Å²) in [6.07, 6.45) is 8.09. The third-order valence-corrected chi connectivity index (χ3v) is 2.79. The van der Waals surface area contributed by atoms with E-state index >= 15 is 0 Å². The second kappa shape index (κ2) is 3.77. The van der Waals surface area contributed by atoms with Gasteiger partial charge in [-0.15, -0.1) is 0 Å². The molecule has 1 aromatic rings. The lowest BCUT2D eigenvalue weighted by Gasteiger charge is -2.20. The fourth-order valence-electron chi connectivity index (χ4n) is 2.04. The van der Waals surface area contributed by atoms with Gasteiger partial charge in [0.1, 0.15) is 5.75 Å². The monoisotopic (exact) mass is 177 g/mol. The van der Waals surface area contributed by atoms with Gasteiger partial charge in [-0.05, 0) is 25.0 Å². The van der Waals surface area contributed by atoms with Gasteiger partial charge >= 0.3 is 0 Å². The molecule has 0 radical (unpaired) electrons. The Labute approximate surface area is 78.6 Å². The standard InChI is InChI=1S/C11H15NO/c13-10-6-7-11(12-8-10)9-4-2-1-3-5-9/h6-9,13H,1-5H2. The molecule has 0 saturated heterocycles. The lowest BCUT2D eigenvalue weighted by Crippen LogP contribution is -2.05. The molecule has 0 aliphatic heterocycles. The average Bonchev–Trinajstić information content (AvgIpc) is 2.20. The largest absolute Gasteiger partial charge is 0.506 e. The third kappa shape index (κ3) is 2.00. The summed E-state index contributed by atoms with van der Waals surface area (Å²) in [7, 11) is 0. The molecule has 1 aliphatic rings. The van der Waals surface area contributed by atoms with Gasteiger partial charge in [-0.2, -0.15) is 0 Å². The van der Waals surface area contributed by atoms with Crippen LogP contribution in [0.1, 0.15) is 43.7 Å². The second-order valence-electron chi connectivity index (χ2n) is 3.78. The first-order chi connectivity index (χ1) is 6.36. The molecule has 70 valence electrons. The van der Waals surface area contributed by atoms with Gasteiger partial charge in [0, 0.05) is 11.6 Å². The van der Waals surface area contributed by atoms with Crippen molar-refractivity contribution >= 4 is 0 Å². The molecule has 0 aromatic carbocycles. The molecule has 2 rings (SSSR count). The van der Waals surface area contributed by atoms with Crippen molar-refractivity contribution in [1.29, 1.82) is 0 Å². The zero-order valence-corrected chi connectivity index (χ0v) is 7.74. The first-order valence-corrected chi connectivity index (χ1v) is 5.01. The molecule has 2 heteroatoms. The molecule has 1 heterocycles. The first-order valence-electron chi connectivity index (χ1n) is 5.01. The summed E-state index contributed by atoms with van der Waals surface area (Å²) >= 11 is 0. The first kappa shape index (κ1) is 8.54. The van der Waals surface area contributed by atoms with E-state index < -0.39 is 0 Å². The predicted octanol–water partition coefficient (Wildman–Crippen LogP) is 2.83.